The number of carbonyl (C=O) groups excluding carboxylic acids is 1. The van der Waals surface area contributed by atoms with Crippen molar-refractivity contribution in [3.63, 3.8) is 0 Å². The van der Waals surface area contributed by atoms with Crippen LogP contribution in [-0.2, 0) is 0 Å². The van der Waals surface area contributed by atoms with Gasteiger partial charge in [-0.1, -0.05) is 0 Å². The first-order chi connectivity index (χ1) is 5.61. The molecule has 0 fully saturated rings. The summed E-state index contributed by atoms with van der Waals surface area (Å²) in [5, 5.41) is 0. The van der Waals surface area contributed by atoms with Crippen LogP contribution in [0.5, 0.6) is 0 Å². The van der Waals surface area contributed by atoms with Gasteiger partial charge in [-0.05, 0) is 13.0 Å². The first-order valence-corrected chi connectivity index (χ1v) is 3.52. The second-order valence-corrected chi connectivity index (χ2v) is 2.51. The van der Waals surface area contributed by atoms with E-state index in [1.165, 1.54) is 19.2 Å². The van der Waals surface area contributed by atoms with Crippen LogP contribution in [0, 0.1) is 5.82 Å². The first kappa shape index (κ1) is 8.80. The number of aromatic nitrogens is 1. The lowest BCUT2D eigenvalue weighted by Gasteiger charge is -2.01. The maximum Gasteiger partial charge on any atom is 0.197 e. The Hall–Kier alpha value is -1.29. The summed E-state index contributed by atoms with van der Waals surface area (Å²) in [6.07, 6.45) is 1.24. The molecule has 3 nitrogen and oxygen atoms in total. The fourth-order valence-electron chi connectivity index (χ4n) is 0.773. The van der Waals surface area contributed by atoms with Gasteiger partial charge in [-0.2, -0.15) is 0 Å². The van der Waals surface area contributed by atoms with Crippen LogP contribution in [0.15, 0.2) is 18.3 Å². The van der Waals surface area contributed by atoms with E-state index in [1.807, 2.05) is 0 Å². The molecule has 2 N–H and O–H groups in total. The fraction of sp³-hybridized carbons (Fsp3) is 0.250. The van der Waals surface area contributed by atoms with Gasteiger partial charge in [0.15, 0.2) is 5.78 Å². The molecular formula is C8H9FN2O. The lowest BCUT2D eigenvalue weighted by molar-refractivity contribution is 0.0962. The third kappa shape index (κ3) is 1.85. The lowest BCUT2D eigenvalue weighted by atomic mass is 10.1. The Bertz CT molecular complexity index is 299. The number of ketones is 1. The molecule has 1 unspecified atom stereocenters. The fourth-order valence-corrected chi connectivity index (χ4v) is 0.773. The Kier molecular flexibility index (Phi) is 2.50. The molecule has 0 saturated heterocycles. The predicted octanol–water partition coefficient (Wildman–Crippen LogP) is 0.751. The molecule has 1 rings (SSSR count). The van der Waals surface area contributed by atoms with Crippen LogP contribution in [0.25, 0.3) is 0 Å². The smallest absolute Gasteiger partial charge is 0.197 e. The van der Waals surface area contributed by atoms with E-state index >= 15 is 0 Å². The van der Waals surface area contributed by atoms with Crippen molar-refractivity contribution in [2.45, 2.75) is 13.0 Å². The molecule has 0 radical (unpaired) electrons. The molecule has 0 aliphatic carbocycles. The normalized spacial score (nSPS) is 12.6. The minimum atomic E-state index is -0.640. The number of nitrogens with zero attached hydrogens (tertiary/aromatic N) is 1. The molecule has 12 heavy (non-hydrogen) atoms. The quantitative estimate of drug-likeness (QED) is 0.663. The molecule has 0 aromatic carbocycles. The highest BCUT2D eigenvalue weighted by Gasteiger charge is 2.12. The second-order valence-electron chi connectivity index (χ2n) is 2.51. The number of nitrogens with two attached hydrogens (primary N) is 1. The zero-order valence-electron chi connectivity index (χ0n) is 6.62. The van der Waals surface area contributed by atoms with Crippen LogP contribution in [0.4, 0.5) is 4.39 Å². The van der Waals surface area contributed by atoms with Crippen LogP contribution >= 0.6 is 0 Å². The highest BCUT2D eigenvalue weighted by atomic mass is 19.1. The number of Topliss-reactive ketones (excluding diaryl/α,β-unsaturated/α-hetero) is 1. The van der Waals surface area contributed by atoms with Gasteiger partial charge in [0.1, 0.15) is 11.5 Å². The number of rotatable bonds is 2. The van der Waals surface area contributed by atoms with Crippen molar-refractivity contribution in [2.75, 3.05) is 0 Å². The van der Waals surface area contributed by atoms with Crippen molar-refractivity contribution in [3.8, 4) is 0 Å². The van der Waals surface area contributed by atoms with E-state index in [4.69, 9.17) is 5.73 Å². The van der Waals surface area contributed by atoms with Gasteiger partial charge in [0.25, 0.3) is 0 Å². The molecular weight excluding hydrogens is 159 g/mol. The summed E-state index contributed by atoms with van der Waals surface area (Å²) in [4.78, 5) is 14.8. The summed E-state index contributed by atoms with van der Waals surface area (Å²) in [5.41, 5.74) is 5.38. The van der Waals surface area contributed by atoms with Gasteiger partial charge in [0.05, 0.1) is 6.04 Å². The monoisotopic (exact) mass is 168 g/mol. The van der Waals surface area contributed by atoms with Gasteiger partial charge in [-0.25, -0.2) is 4.39 Å². The van der Waals surface area contributed by atoms with Crippen molar-refractivity contribution in [3.05, 3.63) is 29.8 Å². The maximum atomic E-state index is 12.6. The third-order valence-electron chi connectivity index (χ3n) is 1.39. The van der Waals surface area contributed by atoms with E-state index in [9.17, 15) is 9.18 Å². The molecule has 0 spiro atoms. The van der Waals surface area contributed by atoms with E-state index in [1.54, 1.807) is 0 Å². The summed E-state index contributed by atoms with van der Waals surface area (Å²) >= 11 is 0. The Morgan fingerprint density at radius 2 is 2.42 bits per heavy atom. The summed E-state index contributed by atoms with van der Waals surface area (Å²) in [7, 11) is 0. The summed E-state index contributed by atoms with van der Waals surface area (Å²) in [6, 6.07) is 1.61. The van der Waals surface area contributed by atoms with Gasteiger partial charge in [0, 0.05) is 12.3 Å². The molecule has 0 amide bonds. The first-order valence-electron chi connectivity index (χ1n) is 3.52. The van der Waals surface area contributed by atoms with E-state index in [0.29, 0.717) is 0 Å². The SMILES string of the molecule is CC(N)C(=O)c1cc(F)ccn1. The van der Waals surface area contributed by atoms with E-state index in [0.717, 1.165) is 6.07 Å². The van der Waals surface area contributed by atoms with E-state index in [-0.39, 0.29) is 11.5 Å². The molecule has 0 aliphatic heterocycles. The second kappa shape index (κ2) is 3.40. The number of hydrogen-bond donors (Lipinski definition) is 1. The van der Waals surface area contributed by atoms with Gasteiger partial charge in [-0.3, -0.25) is 9.78 Å². The summed E-state index contributed by atoms with van der Waals surface area (Å²) in [6.45, 7) is 1.54. The van der Waals surface area contributed by atoms with E-state index in [2.05, 4.69) is 4.98 Å². The third-order valence-corrected chi connectivity index (χ3v) is 1.39. The average molecular weight is 168 g/mol. The van der Waals surface area contributed by atoms with Crippen LogP contribution in [0.3, 0.4) is 0 Å². The highest BCUT2D eigenvalue weighted by Crippen LogP contribution is 2.01. The number of carbonyl (C=O) groups is 1. The van der Waals surface area contributed by atoms with Gasteiger partial charge in [-0.15, -0.1) is 0 Å². The molecule has 1 aromatic rings. The van der Waals surface area contributed by atoms with Crippen molar-refractivity contribution >= 4 is 5.78 Å². The molecule has 0 aliphatic rings. The summed E-state index contributed by atoms with van der Waals surface area (Å²) < 4.78 is 12.6. The van der Waals surface area contributed by atoms with Crippen LogP contribution in [0.2, 0.25) is 0 Å². The Balaban J connectivity index is 2.96. The predicted molar refractivity (Wildman–Crippen MR) is 42.2 cm³/mol. The van der Waals surface area contributed by atoms with Crippen molar-refractivity contribution < 1.29 is 9.18 Å². The zero-order valence-corrected chi connectivity index (χ0v) is 6.62. The Morgan fingerprint density at radius 3 is 2.92 bits per heavy atom. The Labute approximate surface area is 69.4 Å². The molecule has 64 valence electrons. The lowest BCUT2D eigenvalue weighted by Crippen LogP contribution is -2.27. The van der Waals surface area contributed by atoms with Gasteiger partial charge >= 0.3 is 0 Å². The topological polar surface area (TPSA) is 56.0 Å². The maximum absolute atomic E-state index is 12.6. The Morgan fingerprint density at radius 1 is 1.75 bits per heavy atom. The largest absolute Gasteiger partial charge is 0.321 e. The summed E-state index contributed by atoms with van der Waals surface area (Å²) in [5.74, 6) is -0.830. The average Bonchev–Trinajstić information content (AvgIpc) is 2.03. The van der Waals surface area contributed by atoms with Gasteiger partial charge < -0.3 is 5.73 Å². The van der Waals surface area contributed by atoms with Crippen molar-refractivity contribution in [1.29, 1.82) is 0 Å². The van der Waals surface area contributed by atoms with Crippen molar-refractivity contribution in [1.82, 2.24) is 4.98 Å². The molecule has 0 bridgehead atoms. The molecule has 1 atom stereocenters. The molecule has 0 saturated carbocycles. The highest BCUT2D eigenvalue weighted by molar-refractivity contribution is 5.97. The number of pyridine rings is 1. The standard InChI is InChI=1S/C8H9FN2O/c1-5(10)8(12)7-4-6(9)2-3-11-7/h2-5H,10H2,1H3. The minimum absolute atomic E-state index is 0.0741. The molecule has 1 heterocycles. The minimum Gasteiger partial charge on any atom is -0.321 e. The zero-order chi connectivity index (χ0) is 9.14. The van der Waals surface area contributed by atoms with Crippen LogP contribution in [0.1, 0.15) is 17.4 Å². The molecule has 4 heteroatoms. The number of hydrogen-bond acceptors (Lipinski definition) is 3. The van der Waals surface area contributed by atoms with E-state index < -0.39 is 11.9 Å². The van der Waals surface area contributed by atoms with Crippen LogP contribution < -0.4 is 5.73 Å². The van der Waals surface area contributed by atoms with Gasteiger partial charge in [0.2, 0.25) is 0 Å². The molecule has 1 aromatic heterocycles. The van der Waals surface area contributed by atoms with Crippen molar-refractivity contribution in [2.24, 2.45) is 5.73 Å². The van der Waals surface area contributed by atoms with Crippen LogP contribution in [-0.4, -0.2) is 16.8 Å². The number of halogens is 1.